The van der Waals surface area contributed by atoms with E-state index in [1.165, 1.54) is 37.2 Å². The van der Waals surface area contributed by atoms with Gasteiger partial charge in [0.25, 0.3) is 0 Å². The molecule has 0 saturated carbocycles. The first-order valence-corrected chi connectivity index (χ1v) is 6.99. The quantitative estimate of drug-likeness (QED) is 0.884. The molecule has 0 amide bonds. The Morgan fingerprint density at radius 3 is 3.11 bits per heavy atom. The molecule has 0 aromatic carbocycles. The molecule has 0 radical (unpaired) electrons. The molecular weight excluding hydrogens is 222 g/mol. The van der Waals surface area contributed by atoms with Crippen molar-refractivity contribution in [2.75, 3.05) is 20.1 Å². The summed E-state index contributed by atoms with van der Waals surface area (Å²) in [5, 5.41) is 3.64. The van der Waals surface area contributed by atoms with Gasteiger partial charge in [0.05, 0.1) is 5.69 Å². The van der Waals surface area contributed by atoms with Gasteiger partial charge in [-0.25, -0.2) is 0 Å². The van der Waals surface area contributed by atoms with Crippen LogP contribution in [0.25, 0.3) is 0 Å². The number of aromatic nitrogens is 1. The van der Waals surface area contributed by atoms with Crippen molar-refractivity contribution in [3.05, 3.63) is 29.6 Å². The molecule has 0 spiro atoms. The Labute approximate surface area is 111 Å². The van der Waals surface area contributed by atoms with Gasteiger partial charge < -0.3 is 10.2 Å². The molecule has 1 fully saturated rings. The van der Waals surface area contributed by atoms with Gasteiger partial charge in [-0.2, -0.15) is 0 Å². The van der Waals surface area contributed by atoms with Crippen molar-refractivity contribution in [3.63, 3.8) is 0 Å². The summed E-state index contributed by atoms with van der Waals surface area (Å²) >= 11 is 0. The third-order valence-corrected chi connectivity index (χ3v) is 4.08. The van der Waals surface area contributed by atoms with E-state index < -0.39 is 0 Å². The number of piperidine rings is 1. The molecule has 3 heteroatoms. The molecule has 1 aromatic rings. The van der Waals surface area contributed by atoms with Crippen LogP contribution < -0.4 is 5.32 Å². The maximum absolute atomic E-state index is 4.44. The second-order valence-electron chi connectivity index (χ2n) is 5.60. The molecular formula is C15H25N3. The molecule has 1 aromatic heterocycles. The molecule has 2 rings (SSSR count). The summed E-state index contributed by atoms with van der Waals surface area (Å²) in [7, 11) is 2.22. The Kier molecular flexibility index (Phi) is 4.72. The average Bonchev–Trinajstić information content (AvgIpc) is 2.37. The highest BCUT2D eigenvalue weighted by Gasteiger charge is 2.22. The fourth-order valence-corrected chi connectivity index (χ4v) is 2.74. The van der Waals surface area contributed by atoms with Gasteiger partial charge in [-0.15, -0.1) is 0 Å². The summed E-state index contributed by atoms with van der Waals surface area (Å²) in [5.74, 6) is 0.771. The summed E-state index contributed by atoms with van der Waals surface area (Å²) in [5.41, 5.74) is 2.45. The molecule has 0 aliphatic carbocycles. The standard InChI is InChI=1S/C15H25N3/c1-12-6-4-8-16-15(12)10-17-13(2)14-7-5-9-18(3)11-14/h4,6,8,13-14,17H,5,7,9-11H2,1-3H3. The van der Waals surface area contributed by atoms with Crippen LogP contribution in [0.2, 0.25) is 0 Å². The number of nitrogens with zero attached hydrogens (tertiary/aromatic N) is 2. The van der Waals surface area contributed by atoms with Crippen LogP contribution in [-0.4, -0.2) is 36.1 Å². The second kappa shape index (κ2) is 6.30. The Balaban J connectivity index is 1.84. The van der Waals surface area contributed by atoms with Crippen LogP contribution >= 0.6 is 0 Å². The van der Waals surface area contributed by atoms with Crippen LogP contribution in [-0.2, 0) is 6.54 Å². The lowest BCUT2D eigenvalue weighted by Crippen LogP contribution is -2.42. The summed E-state index contributed by atoms with van der Waals surface area (Å²) in [4.78, 5) is 6.88. The summed E-state index contributed by atoms with van der Waals surface area (Å²) in [6.07, 6.45) is 4.55. The smallest absolute Gasteiger partial charge is 0.0570 e. The van der Waals surface area contributed by atoms with Crippen LogP contribution in [0.15, 0.2) is 18.3 Å². The monoisotopic (exact) mass is 247 g/mol. The number of pyridine rings is 1. The Morgan fingerprint density at radius 1 is 1.56 bits per heavy atom. The summed E-state index contributed by atoms with van der Waals surface area (Å²) in [6, 6.07) is 4.69. The molecule has 2 heterocycles. The highest BCUT2D eigenvalue weighted by molar-refractivity contribution is 5.17. The van der Waals surface area contributed by atoms with E-state index in [9.17, 15) is 0 Å². The van der Waals surface area contributed by atoms with Gasteiger partial charge in [-0.05, 0) is 57.8 Å². The molecule has 1 aliphatic heterocycles. The summed E-state index contributed by atoms with van der Waals surface area (Å²) in [6.45, 7) is 7.79. The number of rotatable bonds is 4. The van der Waals surface area contributed by atoms with Crippen LogP contribution in [0.4, 0.5) is 0 Å². The first-order chi connectivity index (χ1) is 8.66. The molecule has 100 valence electrons. The molecule has 2 atom stereocenters. The molecule has 1 aliphatic rings. The molecule has 18 heavy (non-hydrogen) atoms. The predicted molar refractivity (Wildman–Crippen MR) is 75.5 cm³/mol. The third-order valence-electron chi connectivity index (χ3n) is 4.08. The van der Waals surface area contributed by atoms with Gasteiger partial charge in [-0.3, -0.25) is 4.98 Å². The largest absolute Gasteiger partial charge is 0.308 e. The van der Waals surface area contributed by atoms with E-state index in [0.29, 0.717) is 6.04 Å². The van der Waals surface area contributed by atoms with Crippen molar-refractivity contribution in [1.82, 2.24) is 15.2 Å². The SMILES string of the molecule is Cc1cccnc1CNC(C)C1CCCN(C)C1. The minimum atomic E-state index is 0.564. The van der Waals surface area contributed by atoms with E-state index >= 15 is 0 Å². The zero-order valence-electron chi connectivity index (χ0n) is 11.8. The fourth-order valence-electron chi connectivity index (χ4n) is 2.74. The lowest BCUT2D eigenvalue weighted by Gasteiger charge is -2.34. The number of hydrogen-bond acceptors (Lipinski definition) is 3. The van der Waals surface area contributed by atoms with Crippen molar-refractivity contribution in [1.29, 1.82) is 0 Å². The second-order valence-corrected chi connectivity index (χ2v) is 5.60. The lowest BCUT2D eigenvalue weighted by atomic mass is 9.92. The first-order valence-electron chi connectivity index (χ1n) is 6.99. The van der Waals surface area contributed by atoms with Crippen LogP contribution in [0, 0.1) is 12.8 Å². The Hall–Kier alpha value is -0.930. The van der Waals surface area contributed by atoms with E-state index in [1.54, 1.807) is 0 Å². The van der Waals surface area contributed by atoms with Crippen molar-refractivity contribution < 1.29 is 0 Å². The molecule has 2 unspecified atom stereocenters. The van der Waals surface area contributed by atoms with E-state index in [2.05, 4.69) is 42.2 Å². The fraction of sp³-hybridized carbons (Fsp3) is 0.667. The van der Waals surface area contributed by atoms with Crippen molar-refractivity contribution in [2.24, 2.45) is 5.92 Å². The topological polar surface area (TPSA) is 28.2 Å². The third kappa shape index (κ3) is 3.53. The van der Waals surface area contributed by atoms with Crippen molar-refractivity contribution in [2.45, 2.75) is 39.3 Å². The lowest BCUT2D eigenvalue weighted by molar-refractivity contribution is 0.178. The molecule has 1 saturated heterocycles. The predicted octanol–water partition coefficient (Wildman–Crippen LogP) is 2.21. The van der Waals surface area contributed by atoms with Crippen LogP contribution in [0.3, 0.4) is 0 Å². The number of likely N-dealkylation sites (tertiary alicyclic amines) is 1. The highest BCUT2D eigenvalue weighted by Crippen LogP contribution is 2.18. The highest BCUT2D eigenvalue weighted by atomic mass is 15.1. The molecule has 1 N–H and O–H groups in total. The van der Waals surface area contributed by atoms with Crippen LogP contribution in [0.1, 0.15) is 31.0 Å². The zero-order valence-corrected chi connectivity index (χ0v) is 11.8. The zero-order chi connectivity index (χ0) is 13.0. The minimum absolute atomic E-state index is 0.564. The van der Waals surface area contributed by atoms with Crippen LogP contribution in [0.5, 0.6) is 0 Å². The molecule has 3 nitrogen and oxygen atoms in total. The summed E-state index contributed by atoms with van der Waals surface area (Å²) < 4.78 is 0. The van der Waals surface area contributed by atoms with Crippen molar-refractivity contribution >= 4 is 0 Å². The van der Waals surface area contributed by atoms with Gasteiger partial charge in [0.15, 0.2) is 0 Å². The Bertz CT molecular complexity index is 378. The van der Waals surface area contributed by atoms with E-state index in [1.807, 2.05) is 12.3 Å². The number of aryl methyl sites for hydroxylation is 1. The van der Waals surface area contributed by atoms with Crippen molar-refractivity contribution in [3.8, 4) is 0 Å². The Morgan fingerprint density at radius 2 is 2.39 bits per heavy atom. The maximum Gasteiger partial charge on any atom is 0.0570 e. The number of hydrogen-bond donors (Lipinski definition) is 1. The van der Waals surface area contributed by atoms with Gasteiger partial charge >= 0.3 is 0 Å². The van der Waals surface area contributed by atoms with E-state index in [4.69, 9.17) is 0 Å². The average molecular weight is 247 g/mol. The van der Waals surface area contributed by atoms with E-state index in [0.717, 1.165) is 12.5 Å². The maximum atomic E-state index is 4.44. The normalized spacial score (nSPS) is 22.9. The first kappa shape index (κ1) is 13.5. The van der Waals surface area contributed by atoms with E-state index in [-0.39, 0.29) is 0 Å². The molecule has 0 bridgehead atoms. The number of nitrogens with one attached hydrogen (secondary N) is 1. The van der Waals surface area contributed by atoms with Gasteiger partial charge in [-0.1, -0.05) is 6.07 Å². The minimum Gasteiger partial charge on any atom is -0.308 e. The van der Waals surface area contributed by atoms with Gasteiger partial charge in [0, 0.05) is 25.3 Å². The van der Waals surface area contributed by atoms with Gasteiger partial charge in [0.2, 0.25) is 0 Å². The van der Waals surface area contributed by atoms with Gasteiger partial charge in [0.1, 0.15) is 0 Å².